The lowest BCUT2D eigenvalue weighted by Gasteiger charge is -2.10. The van der Waals surface area contributed by atoms with E-state index in [0.717, 1.165) is 46.5 Å². The van der Waals surface area contributed by atoms with Gasteiger partial charge in [0.25, 0.3) is 11.8 Å². The summed E-state index contributed by atoms with van der Waals surface area (Å²) in [6.45, 7) is 0. The summed E-state index contributed by atoms with van der Waals surface area (Å²) < 4.78 is 0. The van der Waals surface area contributed by atoms with Crippen LogP contribution in [-0.4, -0.2) is 16.9 Å². The second-order valence-corrected chi connectivity index (χ2v) is 9.87. The van der Waals surface area contributed by atoms with Crippen LogP contribution in [0.3, 0.4) is 0 Å². The third-order valence-electron chi connectivity index (χ3n) is 6.70. The highest BCUT2D eigenvalue weighted by Crippen LogP contribution is 2.23. The van der Waals surface area contributed by atoms with Crippen LogP contribution in [0.15, 0.2) is 115 Å². The predicted molar refractivity (Wildman–Crippen MR) is 164 cm³/mol. The number of carbonyl (C=O) groups is 2. The molecule has 0 bridgehead atoms. The number of nitrogens with one attached hydrogen (secondary N) is 2. The number of hydrogen-bond donors (Lipinski definition) is 5. The van der Waals surface area contributed by atoms with Gasteiger partial charge in [-0.3, -0.25) is 9.59 Å². The number of rotatable bonds is 8. The first kappa shape index (κ1) is 27.0. The van der Waals surface area contributed by atoms with Gasteiger partial charge in [-0.15, -0.1) is 0 Å². The van der Waals surface area contributed by atoms with E-state index >= 15 is 0 Å². The van der Waals surface area contributed by atoms with Crippen molar-refractivity contribution < 1.29 is 14.7 Å². The largest absolute Gasteiger partial charge is 0.507 e. The fourth-order valence-corrected chi connectivity index (χ4v) is 4.42. The number of hydrogen-bond acceptors (Lipinski definition) is 5. The van der Waals surface area contributed by atoms with Crippen molar-refractivity contribution in [2.75, 3.05) is 22.1 Å². The molecule has 0 aliphatic carbocycles. The molecule has 0 unspecified atom stereocenters. The molecule has 0 spiro atoms. The summed E-state index contributed by atoms with van der Waals surface area (Å²) in [7, 11) is 0. The van der Waals surface area contributed by atoms with Gasteiger partial charge in [0, 0.05) is 28.3 Å². The summed E-state index contributed by atoms with van der Waals surface area (Å²) in [6, 6.07) is 34.7. The Kier molecular flexibility index (Phi) is 7.97. The van der Waals surface area contributed by atoms with Gasteiger partial charge >= 0.3 is 0 Å². The second kappa shape index (κ2) is 12.1. The summed E-state index contributed by atoms with van der Waals surface area (Å²) >= 11 is 0. The number of phenolic OH excluding ortho intramolecular Hbond substituents is 1. The van der Waals surface area contributed by atoms with Crippen LogP contribution in [0, 0.1) is 0 Å². The highest BCUT2D eigenvalue weighted by molar-refractivity contribution is 6.08. The highest BCUT2D eigenvalue weighted by Gasteiger charge is 2.15. The van der Waals surface area contributed by atoms with Crippen molar-refractivity contribution >= 4 is 34.6 Å². The third-order valence-corrected chi connectivity index (χ3v) is 6.70. The summed E-state index contributed by atoms with van der Waals surface area (Å²) in [5.41, 5.74) is 18.9. The van der Waals surface area contributed by atoms with E-state index < -0.39 is 11.8 Å². The van der Waals surface area contributed by atoms with Crippen molar-refractivity contribution in [3.05, 3.63) is 149 Å². The molecule has 7 N–H and O–H groups in total. The molecule has 0 aromatic heterocycles. The van der Waals surface area contributed by atoms with Crippen molar-refractivity contribution in [2.45, 2.75) is 12.8 Å². The van der Waals surface area contributed by atoms with Crippen molar-refractivity contribution in [3.8, 4) is 5.75 Å². The summed E-state index contributed by atoms with van der Waals surface area (Å²) in [5, 5.41) is 16.1. The molecule has 0 atom stereocenters. The van der Waals surface area contributed by atoms with Crippen LogP contribution in [0.2, 0.25) is 0 Å². The number of amides is 2. The highest BCUT2D eigenvalue weighted by atomic mass is 16.3. The predicted octanol–water partition coefficient (Wildman–Crippen LogP) is 6.24. The number of aromatic hydroxyl groups is 1. The Morgan fingerprint density at radius 3 is 1.34 bits per heavy atom. The molecule has 0 aliphatic heterocycles. The van der Waals surface area contributed by atoms with Gasteiger partial charge in [0.15, 0.2) is 0 Å². The van der Waals surface area contributed by atoms with E-state index in [9.17, 15) is 14.7 Å². The van der Waals surface area contributed by atoms with Crippen molar-refractivity contribution in [3.63, 3.8) is 0 Å². The Morgan fingerprint density at radius 2 is 0.927 bits per heavy atom. The summed E-state index contributed by atoms with van der Waals surface area (Å²) in [5.74, 6) is -1.15. The maximum Gasteiger partial charge on any atom is 0.259 e. The van der Waals surface area contributed by atoms with E-state index in [1.807, 2.05) is 97.1 Å². The smallest absolute Gasteiger partial charge is 0.259 e. The standard InChI is InChI=1S/C34H30N4O3/c35-27-10-1-22(2-11-27)19-24-5-14-29(15-6-24)37-33(40)26-9-18-31(32(39)21-26)34(41)38-30-16-7-25(8-17-30)20-23-3-12-28(36)13-4-23/h1-18,21,39H,19-20,35-36H2,(H,37,40)(H,38,41). The first-order chi connectivity index (χ1) is 19.8. The van der Waals surface area contributed by atoms with Gasteiger partial charge in [-0.25, -0.2) is 0 Å². The van der Waals surface area contributed by atoms with Crippen molar-refractivity contribution in [1.29, 1.82) is 0 Å². The number of benzene rings is 5. The van der Waals surface area contributed by atoms with Crippen LogP contribution in [-0.2, 0) is 12.8 Å². The molecule has 0 aliphatic rings. The number of anilines is 4. The molecular weight excluding hydrogens is 512 g/mol. The Labute approximate surface area is 238 Å². The summed E-state index contributed by atoms with van der Waals surface area (Å²) in [6.07, 6.45) is 1.49. The van der Waals surface area contributed by atoms with Gasteiger partial charge in [-0.2, -0.15) is 0 Å². The minimum Gasteiger partial charge on any atom is -0.507 e. The van der Waals surface area contributed by atoms with Crippen LogP contribution >= 0.6 is 0 Å². The molecule has 0 saturated heterocycles. The monoisotopic (exact) mass is 542 g/mol. The zero-order valence-corrected chi connectivity index (χ0v) is 22.3. The molecular formula is C34H30N4O3. The first-order valence-electron chi connectivity index (χ1n) is 13.1. The molecule has 0 fully saturated rings. The normalized spacial score (nSPS) is 10.6. The van der Waals surface area contributed by atoms with Crippen LogP contribution in [0.5, 0.6) is 5.75 Å². The van der Waals surface area contributed by atoms with Gasteiger partial charge in [0.1, 0.15) is 5.75 Å². The Balaban J connectivity index is 1.17. The quantitative estimate of drug-likeness (QED) is 0.148. The Bertz CT molecular complexity index is 1660. The summed E-state index contributed by atoms with van der Waals surface area (Å²) in [4.78, 5) is 25.6. The third kappa shape index (κ3) is 7.10. The fourth-order valence-electron chi connectivity index (χ4n) is 4.42. The van der Waals surface area contributed by atoms with Gasteiger partial charge in [0.05, 0.1) is 5.56 Å². The molecule has 0 radical (unpaired) electrons. The Morgan fingerprint density at radius 1 is 0.537 bits per heavy atom. The molecule has 5 rings (SSSR count). The number of phenols is 1. The zero-order chi connectivity index (χ0) is 28.8. The van der Waals surface area contributed by atoms with Crippen molar-refractivity contribution in [2.24, 2.45) is 0 Å². The molecule has 0 saturated carbocycles. The van der Waals surface area contributed by atoms with E-state index in [1.54, 1.807) is 0 Å². The van der Waals surface area contributed by atoms with Crippen LogP contribution < -0.4 is 22.1 Å². The van der Waals surface area contributed by atoms with E-state index in [-0.39, 0.29) is 16.9 Å². The topological polar surface area (TPSA) is 130 Å². The second-order valence-electron chi connectivity index (χ2n) is 9.87. The van der Waals surface area contributed by atoms with Gasteiger partial charge in [-0.05, 0) is 102 Å². The first-order valence-corrected chi connectivity index (χ1v) is 13.1. The molecule has 7 nitrogen and oxygen atoms in total. The van der Waals surface area contributed by atoms with Gasteiger partial charge in [-0.1, -0.05) is 48.5 Å². The van der Waals surface area contributed by atoms with Gasteiger partial charge in [0.2, 0.25) is 0 Å². The van der Waals surface area contributed by atoms with Crippen LogP contribution in [0.4, 0.5) is 22.7 Å². The average molecular weight is 543 g/mol. The fraction of sp³-hybridized carbons (Fsp3) is 0.0588. The lowest BCUT2D eigenvalue weighted by Crippen LogP contribution is -2.14. The molecule has 2 amide bonds. The molecule has 204 valence electrons. The lowest BCUT2D eigenvalue weighted by atomic mass is 10.0. The molecule has 41 heavy (non-hydrogen) atoms. The Hall–Kier alpha value is -5.56. The maximum absolute atomic E-state index is 12.8. The van der Waals surface area contributed by atoms with E-state index in [0.29, 0.717) is 11.4 Å². The minimum atomic E-state index is -0.475. The minimum absolute atomic E-state index is 0.0690. The molecule has 5 aromatic rings. The number of carbonyl (C=O) groups excluding carboxylic acids is 2. The lowest BCUT2D eigenvalue weighted by molar-refractivity contribution is 0.101. The SMILES string of the molecule is Nc1ccc(Cc2ccc(NC(=O)c3ccc(C(=O)Nc4ccc(Cc5ccc(N)cc5)cc4)c(O)c3)cc2)cc1. The van der Waals surface area contributed by atoms with E-state index in [2.05, 4.69) is 10.6 Å². The van der Waals surface area contributed by atoms with Crippen molar-refractivity contribution in [1.82, 2.24) is 0 Å². The zero-order valence-electron chi connectivity index (χ0n) is 22.3. The average Bonchev–Trinajstić information content (AvgIpc) is 2.97. The van der Waals surface area contributed by atoms with E-state index in [1.165, 1.54) is 18.2 Å². The molecule has 7 heteroatoms. The van der Waals surface area contributed by atoms with E-state index in [4.69, 9.17) is 11.5 Å². The van der Waals surface area contributed by atoms with Crippen LogP contribution in [0.25, 0.3) is 0 Å². The number of nitrogens with two attached hydrogens (primary N) is 2. The maximum atomic E-state index is 12.8. The molecule has 0 heterocycles. The van der Waals surface area contributed by atoms with Gasteiger partial charge < -0.3 is 27.2 Å². The molecule has 5 aromatic carbocycles. The van der Waals surface area contributed by atoms with Crippen LogP contribution in [0.1, 0.15) is 43.0 Å². The number of nitrogen functional groups attached to an aromatic ring is 2.